The second-order valence-electron chi connectivity index (χ2n) is 20.3. The summed E-state index contributed by atoms with van der Waals surface area (Å²) in [4.78, 5) is 64.2. The summed E-state index contributed by atoms with van der Waals surface area (Å²) in [7, 11) is 1.86. The molecule has 1 aliphatic carbocycles. The van der Waals surface area contributed by atoms with Crippen molar-refractivity contribution in [2.24, 2.45) is 5.41 Å². The molecule has 0 radical (unpaired) electrons. The number of nitrogen functional groups attached to an aromatic ring is 1. The Kier molecular flexibility index (Phi) is 13.7. The number of amides is 1. The van der Waals surface area contributed by atoms with Gasteiger partial charge in [-0.25, -0.2) is 19.2 Å². The molecule has 2 saturated heterocycles. The van der Waals surface area contributed by atoms with Crippen LogP contribution in [-0.2, 0) is 38.3 Å². The molecule has 1 saturated carbocycles. The number of nitrogens with zero attached hydrogens (tertiary/aromatic N) is 8. The van der Waals surface area contributed by atoms with Crippen LogP contribution in [0.15, 0.2) is 59.7 Å². The normalized spacial score (nSPS) is 20.3. The summed E-state index contributed by atoms with van der Waals surface area (Å²) in [5, 5.41) is 11.2. The molecule has 10 rings (SSSR count). The molecular formula is C54H56ClF4N9O7. The van der Waals surface area contributed by atoms with Gasteiger partial charge in [0.05, 0.1) is 45.4 Å². The number of nitrogens with two attached hydrogens (primary N) is 1. The van der Waals surface area contributed by atoms with Crippen molar-refractivity contribution >= 4 is 68.9 Å². The number of aldehydes is 1. The Balaban J connectivity index is 0.883. The van der Waals surface area contributed by atoms with Crippen molar-refractivity contribution in [3.8, 4) is 23.0 Å². The quantitative estimate of drug-likeness (QED) is 0.0478. The Morgan fingerprint density at radius 3 is 2.51 bits per heavy atom. The highest BCUT2D eigenvalue weighted by molar-refractivity contribution is 6.34. The van der Waals surface area contributed by atoms with E-state index in [1.54, 1.807) is 17.0 Å². The lowest BCUT2D eigenvalue weighted by molar-refractivity contribution is -0.152. The number of aryl methyl sites for hydroxylation is 2. The monoisotopic (exact) mass is 1050 g/mol. The molecule has 3 N–H and O–H groups in total. The predicted octanol–water partition coefficient (Wildman–Crippen LogP) is 7.63. The van der Waals surface area contributed by atoms with Crippen molar-refractivity contribution < 1.29 is 51.3 Å². The molecular weight excluding hydrogens is 998 g/mol. The lowest BCUT2D eigenvalue weighted by atomic mass is 9.97. The Bertz CT molecular complexity index is 3270. The average Bonchev–Trinajstić information content (AvgIpc) is 3.80. The molecule has 3 aromatic heterocycles. The summed E-state index contributed by atoms with van der Waals surface area (Å²) >= 11 is 6.75. The van der Waals surface area contributed by atoms with E-state index in [2.05, 4.69) is 21.4 Å². The maximum absolute atomic E-state index is 17.2. The SMILES string of the molecule is C=C(COc1ccc2nc3c(c(CC)c2c1)CN(C)/C3=C\C1=C(C=O)COC(=O)C1O)C(=O)N1CCN(c2nc(OCC3(CN4CCCC4)CC3)nc3c(F)c(-c4nc(N)cc(C)c4C(F)(F)F)c(Cl)cc23)C(C)C1. The van der Waals surface area contributed by atoms with Crippen molar-refractivity contribution in [1.29, 1.82) is 0 Å². The minimum Gasteiger partial charge on any atom is -0.489 e. The van der Waals surface area contributed by atoms with Crippen LogP contribution < -0.4 is 20.1 Å². The molecule has 2 unspecified atom stereocenters. The molecule has 21 heteroatoms. The topological polar surface area (TPSA) is 190 Å². The fraction of sp³-hybridized carbons (Fsp3) is 0.426. The first-order valence-corrected chi connectivity index (χ1v) is 25.3. The van der Waals surface area contributed by atoms with Crippen molar-refractivity contribution in [2.75, 3.05) is 76.8 Å². The second kappa shape index (κ2) is 20.0. The highest BCUT2D eigenvalue weighted by Gasteiger charge is 2.46. The average molecular weight is 1050 g/mol. The number of aliphatic hydroxyl groups is 1. The van der Waals surface area contributed by atoms with Crippen LogP contribution in [0.25, 0.3) is 38.8 Å². The van der Waals surface area contributed by atoms with Crippen LogP contribution in [0.4, 0.5) is 29.2 Å². The molecule has 1 amide bonds. The standard InChI is InChI=1S/C54H56ClF4N9O7/c1-6-33-35-18-32(9-10-39(35)61-45-37(33)22-65(5)40(45)20-34-31(23-69)25-74-51(72)48(34)70)73-24-29(3)50(71)67-15-16-68(30(4)21-67)49-36-19-38(55)42(47-43(54(57,58)59)28(2)17-41(60)62-47)44(56)46(36)63-52(64-49)75-27-53(11-12-53)26-66-13-7-8-14-66/h9-10,17-20,23,30,48,70H,3,6-8,11-16,21-22,24-27H2,1-2,4-5H3,(H2,60,62)/b40-20-. The number of aromatic nitrogens is 4. The molecule has 5 aromatic rings. The van der Waals surface area contributed by atoms with E-state index in [9.17, 15) is 32.7 Å². The third kappa shape index (κ3) is 9.83. The third-order valence-electron chi connectivity index (χ3n) is 15.0. The highest BCUT2D eigenvalue weighted by Crippen LogP contribution is 2.48. The van der Waals surface area contributed by atoms with Crippen LogP contribution in [0.3, 0.4) is 0 Å². The Morgan fingerprint density at radius 1 is 1.05 bits per heavy atom. The number of rotatable bonds is 14. The van der Waals surface area contributed by atoms with E-state index in [-0.39, 0.29) is 107 Å². The molecule has 0 spiro atoms. The number of anilines is 2. The Hall–Kier alpha value is -6.90. The van der Waals surface area contributed by atoms with Gasteiger partial charge in [0, 0.05) is 84.3 Å². The van der Waals surface area contributed by atoms with Gasteiger partial charge in [0.15, 0.2) is 11.9 Å². The fourth-order valence-electron chi connectivity index (χ4n) is 10.9. The first-order valence-electron chi connectivity index (χ1n) is 25.0. The van der Waals surface area contributed by atoms with Gasteiger partial charge < -0.3 is 44.7 Å². The van der Waals surface area contributed by atoms with E-state index in [0.29, 0.717) is 41.9 Å². The van der Waals surface area contributed by atoms with Crippen LogP contribution in [0.5, 0.6) is 11.8 Å². The van der Waals surface area contributed by atoms with E-state index in [1.807, 2.05) is 42.8 Å². The second-order valence-corrected chi connectivity index (χ2v) is 20.7. The molecule has 0 bridgehead atoms. The van der Waals surface area contributed by atoms with Gasteiger partial charge in [0.2, 0.25) is 0 Å². The molecule has 2 atom stereocenters. The number of pyridine rings is 2. The van der Waals surface area contributed by atoms with Gasteiger partial charge in [-0.3, -0.25) is 9.59 Å². The van der Waals surface area contributed by atoms with E-state index < -0.39 is 46.9 Å². The molecule has 394 valence electrons. The van der Waals surface area contributed by atoms with Gasteiger partial charge in [-0.2, -0.15) is 23.1 Å². The summed E-state index contributed by atoms with van der Waals surface area (Å²) in [6, 6.07) is 7.28. The van der Waals surface area contributed by atoms with Gasteiger partial charge in [-0.1, -0.05) is 25.1 Å². The van der Waals surface area contributed by atoms with Crippen LogP contribution in [0, 0.1) is 18.2 Å². The molecule has 16 nitrogen and oxygen atoms in total. The lowest BCUT2D eigenvalue weighted by Gasteiger charge is -2.41. The number of carbonyl (C=O) groups is 3. The summed E-state index contributed by atoms with van der Waals surface area (Å²) in [5.41, 5.74) is 7.20. The van der Waals surface area contributed by atoms with E-state index in [1.165, 1.54) is 13.0 Å². The summed E-state index contributed by atoms with van der Waals surface area (Å²) in [6.07, 6.45) is 0.443. The number of hydrogen-bond donors (Lipinski definition) is 2. The van der Waals surface area contributed by atoms with Crippen LogP contribution in [0.1, 0.15) is 67.5 Å². The van der Waals surface area contributed by atoms with Gasteiger partial charge in [-0.05, 0) is 107 Å². The minimum absolute atomic E-state index is 0.124. The fourth-order valence-corrected chi connectivity index (χ4v) is 11.2. The van der Waals surface area contributed by atoms with Crippen molar-refractivity contribution in [1.82, 2.24) is 34.6 Å². The number of alkyl halides is 3. The highest BCUT2D eigenvalue weighted by atomic mass is 35.5. The van der Waals surface area contributed by atoms with Gasteiger partial charge in [-0.15, -0.1) is 0 Å². The maximum atomic E-state index is 17.2. The van der Waals surface area contributed by atoms with E-state index in [4.69, 9.17) is 41.5 Å². The molecule has 4 aliphatic heterocycles. The number of fused-ring (bicyclic) bond motifs is 3. The minimum atomic E-state index is -4.92. The number of likely N-dealkylation sites (tertiary alicyclic amines) is 1. The lowest BCUT2D eigenvalue weighted by Crippen LogP contribution is -2.54. The van der Waals surface area contributed by atoms with Gasteiger partial charge >= 0.3 is 18.2 Å². The number of hydrogen-bond acceptors (Lipinski definition) is 15. The first kappa shape index (κ1) is 51.6. The number of carbonyl (C=O) groups excluding carboxylic acids is 3. The maximum Gasteiger partial charge on any atom is 0.418 e. The van der Waals surface area contributed by atoms with Gasteiger partial charge in [0.1, 0.15) is 42.4 Å². The summed E-state index contributed by atoms with van der Waals surface area (Å²) in [5.74, 6) is -1.83. The van der Waals surface area contributed by atoms with Gasteiger partial charge in [0.25, 0.3) is 5.91 Å². The zero-order valence-electron chi connectivity index (χ0n) is 42.0. The van der Waals surface area contributed by atoms with Crippen molar-refractivity contribution in [2.45, 2.75) is 77.7 Å². The third-order valence-corrected chi connectivity index (χ3v) is 15.3. The van der Waals surface area contributed by atoms with Crippen molar-refractivity contribution in [3.63, 3.8) is 0 Å². The van der Waals surface area contributed by atoms with Crippen LogP contribution in [-0.4, -0.2) is 136 Å². The predicted molar refractivity (Wildman–Crippen MR) is 273 cm³/mol. The number of halogens is 5. The summed E-state index contributed by atoms with van der Waals surface area (Å²) in [6.45, 7) is 13.1. The molecule has 7 heterocycles. The zero-order chi connectivity index (χ0) is 53.2. The number of esters is 1. The van der Waals surface area contributed by atoms with Crippen LogP contribution in [0.2, 0.25) is 5.02 Å². The molecule has 5 aliphatic rings. The van der Waals surface area contributed by atoms with E-state index in [0.717, 1.165) is 67.9 Å². The number of aliphatic hydroxyl groups excluding tert-OH is 1. The Labute approximate surface area is 434 Å². The summed E-state index contributed by atoms with van der Waals surface area (Å²) < 4.78 is 78.4. The Morgan fingerprint density at radius 2 is 1.81 bits per heavy atom. The largest absolute Gasteiger partial charge is 0.489 e. The zero-order valence-corrected chi connectivity index (χ0v) is 42.7. The van der Waals surface area contributed by atoms with E-state index >= 15 is 4.39 Å². The first-order chi connectivity index (χ1) is 35.8. The number of ether oxygens (including phenoxy) is 3. The van der Waals surface area contributed by atoms with Crippen LogP contribution >= 0.6 is 11.6 Å². The molecule has 75 heavy (non-hydrogen) atoms. The molecule has 2 aromatic carbocycles. The smallest absolute Gasteiger partial charge is 0.418 e. The number of piperazine rings is 1. The molecule has 3 fully saturated rings. The number of benzene rings is 2. The van der Waals surface area contributed by atoms with Crippen molar-refractivity contribution in [3.05, 3.63) is 98.5 Å². The number of cyclic esters (lactones) is 1.